The lowest BCUT2D eigenvalue weighted by Gasteiger charge is -2.38. The zero-order valence-corrected chi connectivity index (χ0v) is 11.2. The van der Waals surface area contributed by atoms with E-state index in [2.05, 4.69) is 4.90 Å². The number of thiophene rings is 1. The molecule has 2 N–H and O–H groups in total. The smallest absolute Gasteiger partial charge is 0.245 e. The van der Waals surface area contributed by atoms with Crippen LogP contribution in [0.4, 0.5) is 0 Å². The van der Waals surface area contributed by atoms with E-state index in [-0.39, 0.29) is 5.91 Å². The summed E-state index contributed by atoms with van der Waals surface area (Å²) in [6.07, 6.45) is 2.49. The monoisotopic (exact) mass is 265 g/mol. The van der Waals surface area contributed by atoms with Crippen LogP contribution in [-0.2, 0) is 4.79 Å². The number of carbonyl (C=O) groups is 1. The van der Waals surface area contributed by atoms with Gasteiger partial charge in [-0.15, -0.1) is 11.3 Å². The highest BCUT2D eigenvalue weighted by Crippen LogP contribution is 2.24. The molecule has 2 aliphatic heterocycles. The van der Waals surface area contributed by atoms with Crippen molar-refractivity contribution in [2.45, 2.75) is 24.9 Å². The molecule has 4 nitrogen and oxygen atoms in total. The van der Waals surface area contributed by atoms with Crippen LogP contribution in [0.2, 0.25) is 0 Å². The summed E-state index contributed by atoms with van der Waals surface area (Å²) < 4.78 is 0. The van der Waals surface area contributed by atoms with Crippen molar-refractivity contribution >= 4 is 17.2 Å². The molecule has 0 aliphatic carbocycles. The highest BCUT2D eigenvalue weighted by Gasteiger charge is 2.34. The van der Waals surface area contributed by atoms with Gasteiger partial charge in [0.25, 0.3) is 0 Å². The third-order valence-corrected chi connectivity index (χ3v) is 4.97. The summed E-state index contributed by atoms with van der Waals surface area (Å²) in [7, 11) is 0. The van der Waals surface area contributed by atoms with Gasteiger partial charge in [-0.05, 0) is 30.8 Å². The summed E-state index contributed by atoms with van der Waals surface area (Å²) in [6.45, 7) is 3.89. The number of carbonyl (C=O) groups excluding carboxylic acids is 1. The van der Waals surface area contributed by atoms with Gasteiger partial charge in [0.1, 0.15) is 6.04 Å². The average Bonchev–Trinajstić information content (AvgIpc) is 3.06. The first-order valence-corrected chi connectivity index (χ1v) is 7.45. The molecule has 3 rings (SSSR count). The third kappa shape index (κ3) is 2.18. The van der Waals surface area contributed by atoms with Gasteiger partial charge in [0.05, 0.1) is 0 Å². The van der Waals surface area contributed by atoms with Crippen LogP contribution in [0.5, 0.6) is 0 Å². The molecule has 0 bridgehead atoms. The summed E-state index contributed by atoms with van der Waals surface area (Å²) in [6, 6.07) is 3.98. The molecular formula is C13H19N3OS. The molecule has 2 aliphatic rings. The Hall–Kier alpha value is -0.910. The van der Waals surface area contributed by atoms with E-state index in [4.69, 9.17) is 5.73 Å². The van der Waals surface area contributed by atoms with Gasteiger partial charge in [0.15, 0.2) is 0 Å². The quantitative estimate of drug-likeness (QED) is 0.869. The Kier molecular flexibility index (Phi) is 3.37. The second kappa shape index (κ2) is 4.99. The molecule has 2 unspecified atom stereocenters. The van der Waals surface area contributed by atoms with E-state index < -0.39 is 6.04 Å². The van der Waals surface area contributed by atoms with E-state index in [1.165, 1.54) is 19.4 Å². The van der Waals surface area contributed by atoms with Gasteiger partial charge in [-0.3, -0.25) is 9.69 Å². The fourth-order valence-corrected chi connectivity index (χ4v) is 3.70. The van der Waals surface area contributed by atoms with Crippen molar-refractivity contribution in [1.29, 1.82) is 0 Å². The van der Waals surface area contributed by atoms with E-state index >= 15 is 0 Å². The minimum absolute atomic E-state index is 0.0870. The predicted octanol–water partition coefficient (Wildman–Crippen LogP) is 1.05. The number of hydrogen-bond acceptors (Lipinski definition) is 4. The van der Waals surface area contributed by atoms with Gasteiger partial charge in [0.2, 0.25) is 5.91 Å². The summed E-state index contributed by atoms with van der Waals surface area (Å²) in [5, 5.41) is 1.97. The van der Waals surface area contributed by atoms with Crippen molar-refractivity contribution in [2.75, 3.05) is 26.2 Å². The van der Waals surface area contributed by atoms with Gasteiger partial charge < -0.3 is 10.6 Å². The Labute approximate surface area is 111 Å². The van der Waals surface area contributed by atoms with Gasteiger partial charge in [-0.25, -0.2) is 0 Å². The number of piperazine rings is 1. The highest BCUT2D eigenvalue weighted by atomic mass is 32.1. The van der Waals surface area contributed by atoms with Crippen LogP contribution < -0.4 is 5.73 Å². The lowest BCUT2D eigenvalue weighted by molar-refractivity contribution is -0.135. The largest absolute Gasteiger partial charge is 0.338 e. The van der Waals surface area contributed by atoms with Crippen LogP contribution in [0.15, 0.2) is 17.5 Å². The van der Waals surface area contributed by atoms with Crippen molar-refractivity contribution in [2.24, 2.45) is 5.73 Å². The normalized spacial score (nSPS) is 26.1. The van der Waals surface area contributed by atoms with Crippen molar-refractivity contribution in [3.05, 3.63) is 22.4 Å². The SMILES string of the molecule is NC(C(=O)N1CCN2CCCC2C1)c1cccs1. The van der Waals surface area contributed by atoms with Gasteiger partial charge in [0, 0.05) is 30.6 Å². The third-order valence-electron chi connectivity index (χ3n) is 4.01. The van der Waals surface area contributed by atoms with Gasteiger partial charge >= 0.3 is 0 Å². The maximum atomic E-state index is 12.4. The molecule has 0 radical (unpaired) electrons. The maximum Gasteiger partial charge on any atom is 0.245 e. The molecule has 5 heteroatoms. The zero-order chi connectivity index (χ0) is 12.5. The molecule has 1 aromatic heterocycles. The fourth-order valence-electron chi connectivity index (χ4n) is 2.98. The maximum absolute atomic E-state index is 12.4. The Balaban J connectivity index is 1.66. The Bertz CT molecular complexity index is 420. The molecule has 0 spiro atoms. The van der Waals surface area contributed by atoms with Gasteiger partial charge in [-0.2, -0.15) is 0 Å². The Morgan fingerprint density at radius 3 is 3.11 bits per heavy atom. The lowest BCUT2D eigenvalue weighted by Crippen LogP contribution is -2.53. The predicted molar refractivity (Wildman–Crippen MR) is 72.4 cm³/mol. The lowest BCUT2D eigenvalue weighted by atomic mass is 10.1. The number of nitrogens with zero attached hydrogens (tertiary/aromatic N) is 2. The summed E-state index contributed by atoms with van der Waals surface area (Å²) in [4.78, 5) is 17.8. The van der Waals surface area contributed by atoms with E-state index in [9.17, 15) is 4.79 Å². The molecule has 98 valence electrons. The zero-order valence-electron chi connectivity index (χ0n) is 10.4. The van der Waals surface area contributed by atoms with Crippen LogP contribution in [-0.4, -0.2) is 47.9 Å². The molecule has 18 heavy (non-hydrogen) atoms. The first-order valence-electron chi connectivity index (χ1n) is 6.57. The molecule has 2 atom stereocenters. The second-order valence-electron chi connectivity index (χ2n) is 5.11. The van der Waals surface area contributed by atoms with Crippen LogP contribution in [0.25, 0.3) is 0 Å². The molecule has 3 heterocycles. The summed E-state index contributed by atoms with van der Waals surface area (Å²) in [5.41, 5.74) is 6.06. The fraction of sp³-hybridized carbons (Fsp3) is 0.615. The Morgan fingerprint density at radius 2 is 2.33 bits per heavy atom. The number of nitrogens with two attached hydrogens (primary N) is 1. The molecule has 2 saturated heterocycles. The first-order chi connectivity index (χ1) is 8.75. The standard InChI is InChI=1S/C13H19N3OS/c14-12(11-4-2-8-18-11)13(17)16-7-6-15-5-1-3-10(15)9-16/h2,4,8,10,12H,1,3,5-7,9,14H2. The average molecular weight is 265 g/mol. The number of rotatable bonds is 2. The Morgan fingerprint density at radius 1 is 1.44 bits per heavy atom. The van der Waals surface area contributed by atoms with Crippen LogP contribution in [0.1, 0.15) is 23.8 Å². The van der Waals surface area contributed by atoms with Crippen molar-refractivity contribution < 1.29 is 4.79 Å². The van der Waals surface area contributed by atoms with E-state index in [1.54, 1.807) is 11.3 Å². The van der Waals surface area contributed by atoms with E-state index in [0.29, 0.717) is 6.04 Å². The highest BCUT2D eigenvalue weighted by molar-refractivity contribution is 7.10. The minimum atomic E-state index is -0.474. The van der Waals surface area contributed by atoms with Crippen molar-refractivity contribution in [3.63, 3.8) is 0 Å². The molecule has 1 aromatic rings. The topological polar surface area (TPSA) is 49.6 Å². The molecule has 0 aromatic carbocycles. The van der Waals surface area contributed by atoms with Gasteiger partial charge in [-0.1, -0.05) is 6.07 Å². The molecular weight excluding hydrogens is 246 g/mol. The molecule has 0 saturated carbocycles. The molecule has 2 fully saturated rings. The van der Waals surface area contributed by atoms with Crippen molar-refractivity contribution in [1.82, 2.24) is 9.80 Å². The number of fused-ring (bicyclic) bond motifs is 1. The second-order valence-corrected chi connectivity index (χ2v) is 6.09. The summed E-state index contributed by atoms with van der Waals surface area (Å²) >= 11 is 1.56. The first kappa shape index (κ1) is 12.1. The van der Waals surface area contributed by atoms with E-state index in [1.807, 2.05) is 22.4 Å². The van der Waals surface area contributed by atoms with Crippen molar-refractivity contribution in [3.8, 4) is 0 Å². The number of hydrogen-bond donors (Lipinski definition) is 1. The van der Waals surface area contributed by atoms with Crippen LogP contribution in [0.3, 0.4) is 0 Å². The van der Waals surface area contributed by atoms with Crippen LogP contribution in [0, 0.1) is 0 Å². The summed E-state index contributed by atoms with van der Waals surface area (Å²) in [5.74, 6) is 0.0870. The minimum Gasteiger partial charge on any atom is -0.338 e. The molecule has 1 amide bonds. The van der Waals surface area contributed by atoms with E-state index in [0.717, 1.165) is 24.5 Å². The van der Waals surface area contributed by atoms with Crippen LogP contribution >= 0.6 is 11.3 Å². The number of amides is 1.